The minimum Gasteiger partial charge on any atom is -0.497 e. The lowest BCUT2D eigenvalue weighted by atomic mass is 9.92. The van der Waals surface area contributed by atoms with Crippen molar-refractivity contribution in [3.63, 3.8) is 0 Å². The van der Waals surface area contributed by atoms with Crippen LogP contribution in [0, 0.1) is 0 Å². The average molecular weight is 445 g/mol. The van der Waals surface area contributed by atoms with E-state index in [1.165, 1.54) is 16.9 Å². The maximum absolute atomic E-state index is 13.1. The Morgan fingerprint density at radius 1 is 1.16 bits per heavy atom. The van der Waals surface area contributed by atoms with Gasteiger partial charge in [-0.05, 0) is 42.4 Å². The number of carbonyl (C=O) groups excluding carboxylic acids is 1. The summed E-state index contributed by atoms with van der Waals surface area (Å²) in [5.41, 5.74) is 12.3. The maximum atomic E-state index is 13.1. The molecule has 2 aromatic heterocycles. The summed E-state index contributed by atoms with van der Waals surface area (Å²) < 4.78 is 5.19. The van der Waals surface area contributed by atoms with Crippen molar-refractivity contribution in [1.29, 1.82) is 0 Å². The predicted molar refractivity (Wildman–Crippen MR) is 130 cm³/mol. The fourth-order valence-corrected chi connectivity index (χ4v) is 5.23. The predicted octanol–water partition coefficient (Wildman–Crippen LogP) is 4.79. The van der Waals surface area contributed by atoms with E-state index in [9.17, 15) is 4.79 Å². The Morgan fingerprint density at radius 2 is 1.91 bits per heavy atom. The van der Waals surface area contributed by atoms with Crippen LogP contribution in [0.15, 0.2) is 54.6 Å². The summed E-state index contributed by atoms with van der Waals surface area (Å²) in [6.45, 7) is 1.77. The molecule has 3 heterocycles. The largest absolute Gasteiger partial charge is 0.497 e. The first-order valence-corrected chi connectivity index (χ1v) is 11.3. The van der Waals surface area contributed by atoms with Crippen molar-refractivity contribution >= 4 is 38.8 Å². The highest BCUT2D eigenvalue weighted by molar-refractivity contribution is 7.21. The fourth-order valence-electron chi connectivity index (χ4n) is 4.21. The van der Waals surface area contributed by atoms with E-state index >= 15 is 0 Å². The number of hydrogen-bond acceptors (Lipinski definition) is 6. The zero-order valence-electron chi connectivity index (χ0n) is 18.0. The van der Waals surface area contributed by atoms with Crippen molar-refractivity contribution in [2.24, 2.45) is 0 Å². The number of hydrogen-bond donors (Lipinski definition) is 2. The summed E-state index contributed by atoms with van der Waals surface area (Å²) >= 11 is 1.35. The number of ether oxygens (including phenoxy) is 1. The van der Waals surface area contributed by atoms with E-state index in [-0.39, 0.29) is 5.91 Å². The Hall–Kier alpha value is -3.42. The first-order chi connectivity index (χ1) is 15.5. The fraction of sp³-hybridized carbons (Fsp3) is 0.200. The zero-order chi connectivity index (χ0) is 22.2. The Bertz CT molecular complexity index is 1300. The zero-order valence-corrected chi connectivity index (χ0v) is 18.8. The molecule has 1 amide bonds. The van der Waals surface area contributed by atoms with Crippen LogP contribution < -0.4 is 15.8 Å². The number of thiophene rings is 1. The van der Waals surface area contributed by atoms with Crippen LogP contribution in [0.5, 0.6) is 5.75 Å². The second kappa shape index (κ2) is 8.26. The molecule has 0 atom stereocenters. The quantitative estimate of drug-likeness (QED) is 0.473. The van der Waals surface area contributed by atoms with Crippen LogP contribution in [0.1, 0.15) is 20.9 Å². The Balaban J connectivity index is 1.63. The highest BCUT2D eigenvalue weighted by atomic mass is 32.1. The molecule has 162 valence electrons. The van der Waals surface area contributed by atoms with Crippen molar-refractivity contribution < 1.29 is 9.53 Å². The highest BCUT2D eigenvalue weighted by Gasteiger charge is 2.27. The van der Waals surface area contributed by atoms with Crippen LogP contribution in [-0.4, -0.2) is 36.5 Å². The molecule has 4 aromatic rings. The number of aromatic nitrogens is 1. The molecule has 1 aliphatic heterocycles. The number of methoxy groups -OCH3 is 1. The molecule has 6 nitrogen and oxygen atoms in total. The van der Waals surface area contributed by atoms with Gasteiger partial charge in [-0.3, -0.25) is 4.79 Å². The number of benzene rings is 2. The molecule has 2 aromatic carbocycles. The molecule has 0 saturated carbocycles. The van der Waals surface area contributed by atoms with Crippen molar-refractivity contribution in [3.8, 4) is 16.9 Å². The van der Waals surface area contributed by atoms with Gasteiger partial charge in [-0.2, -0.15) is 0 Å². The molecule has 1 aliphatic rings. The van der Waals surface area contributed by atoms with E-state index in [0.29, 0.717) is 16.3 Å². The van der Waals surface area contributed by atoms with Crippen molar-refractivity contribution in [1.82, 2.24) is 9.88 Å². The van der Waals surface area contributed by atoms with Crippen LogP contribution in [0.3, 0.4) is 0 Å². The molecule has 0 saturated heterocycles. The van der Waals surface area contributed by atoms with E-state index in [4.69, 9.17) is 15.5 Å². The van der Waals surface area contributed by atoms with Gasteiger partial charge in [-0.1, -0.05) is 30.3 Å². The van der Waals surface area contributed by atoms with E-state index < -0.39 is 0 Å². The Kier molecular flexibility index (Phi) is 5.28. The van der Waals surface area contributed by atoms with Crippen molar-refractivity contribution in [2.75, 3.05) is 31.8 Å². The lowest BCUT2D eigenvalue weighted by Crippen LogP contribution is -2.27. The molecule has 0 aliphatic carbocycles. The van der Waals surface area contributed by atoms with Gasteiger partial charge in [0.2, 0.25) is 0 Å². The number of nitrogen functional groups attached to an aromatic ring is 1. The second-order valence-electron chi connectivity index (χ2n) is 7.97. The number of likely N-dealkylation sites (N-methyl/N-ethyl adjacent to an activating group) is 1. The number of rotatable bonds is 4. The van der Waals surface area contributed by atoms with Gasteiger partial charge in [0.1, 0.15) is 15.5 Å². The number of amides is 1. The second-order valence-corrected chi connectivity index (χ2v) is 8.97. The van der Waals surface area contributed by atoms with Gasteiger partial charge in [-0.25, -0.2) is 4.98 Å². The van der Waals surface area contributed by atoms with Gasteiger partial charge in [0, 0.05) is 41.8 Å². The van der Waals surface area contributed by atoms with E-state index in [1.54, 1.807) is 7.11 Å². The van der Waals surface area contributed by atoms with Gasteiger partial charge >= 0.3 is 0 Å². The summed E-state index contributed by atoms with van der Waals surface area (Å²) in [7, 11) is 3.73. The molecule has 7 heteroatoms. The van der Waals surface area contributed by atoms with Crippen molar-refractivity contribution in [3.05, 3.63) is 70.7 Å². The van der Waals surface area contributed by atoms with E-state index in [2.05, 4.69) is 29.4 Å². The number of nitrogens with zero attached hydrogens (tertiary/aromatic N) is 2. The van der Waals surface area contributed by atoms with Crippen LogP contribution in [0.2, 0.25) is 0 Å². The summed E-state index contributed by atoms with van der Waals surface area (Å²) in [5.74, 6) is 0.501. The summed E-state index contributed by atoms with van der Waals surface area (Å²) in [5, 5.41) is 3.82. The standard InChI is InChI=1S/C25H24N4O2S/c1-29-13-12-19-18(14-29)20(15-6-4-3-5-7-15)21-22(26)23(32-25(21)28-19)24(30)27-16-8-10-17(31-2)11-9-16/h3-11H,12-14,26H2,1-2H3,(H,27,30). The number of carbonyl (C=O) groups is 1. The van der Waals surface area contributed by atoms with E-state index in [1.807, 2.05) is 42.5 Å². The number of fused-ring (bicyclic) bond motifs is 2. The first kappa shape index (κ1) is 20.5. The first-order valence-electron chi connectivity index (χ1n) is 10.5. The number of nitrogens with one attached hydrogen (secondary N) is 1. The Labute approximate surface area is 190 Å². The van der Waals surface area contributed by atoms with Crippen LogP contribution >= 0.6 is 11.3 Å². The van der Waals surface area contributed by atoms with Gasteiger partial charge in [0.15, 0.2) is 0 Å². The monoisotopic (exact) mass is 444 g/mol. The number of pyridine rings is 1. The molecule has 3 N–H and O–H groups in total. The molecular formula is C25H24N4O2S. The summed E-state index contributed by atoms with van der Waals surface area (Å²) in [6, 6.07) is 17.5. The smallest absolute Gasteiger partial charge is 0.267 e. The van der Waals surface area contributed by atoms with Gasteiger partial charge in [-0.15, -0.1) is 11.3 Å². The topological polar surface area (TPSA) is 80.5 Å². The van der Waals surface area contributed by atoms with Gasteiger partial charge < -0.3 is 20.7 Å². The lowest BCUT2D eigenvalue weighted by molar-refractivity contribution is 0.103. The molecule has 0 bridgehead atoms. The third-order valence-corrected chi connectivity index (χ3v) is 6.94. The van der Waals surface area contributed by atoms with Gasteiger partial charge in [0.05, 0.1) is 12.8 Å². The average Bonchev–Trinajstić information content (AvgIpc) is 3.14. The number of anilines is 2. The lowest BCUT2D eigenvalue weighted by Gasteiger charge is -2.27. The van der Waals surface area contributed by atoms with Gasteiger partial charge in [0.25, 0.3) is 5.91 Å². The minimum absolute atomic E-state index is 0.232. The third kappa shape index (κ3) is 3.59. The van der Waals surface area contributed by atoms with Crippen LogP contribution in [0.4, 0.5) is 11.4 Å². The molecule has 0 fully saturated rings. The maximum Gasteiger partial charge on any atom is 0.267 e. The normalized spacial score (nSPS) is 13.7. The van der Waals surface area contributed by atoms with Crippen LogP contribution in [0.25, 0.3) is 21.3 Å². The molecule has 5 rings (SSSR count). The molecular weight excluding hydrogens is 420 g/mol. The van der Waals surface area contributed by atoms with Crippen LogP contribution in [-0.2, 0) is 13.0 Å². The summed E-state index contributed by atoms with van der Waals surface area (Å²) in [6.07, 6.45) is 0.882. The van der Waals surface area contributed by atoms with E-state index in [0.717, 1.165) is 52.3 Å². The van der Waals surface area contributed by atoms with Crippen molar-refractivity contribution in [2.45, 2.75) is 13.0 Å². The molecule has 0 unspecified atom stereocenters. The minimum atomic E-state index is -0.232. The molecule has 0 radical (unpaired) electrons. The third-order valence-electron chi connectivity index (χ3n) is 5.84. The number of nitrogens with two attached hydrogens (primary N) is 1. The summed E-state index contributed by atoms with van der Waals surface area (Å²) in [4.78, 5) is 21.7. The molecule has 0 spiro atoms. The SMILES string of the molecule is COc1ccc(NC(=O)c2sc3nc4c(c(-c5ccccc5)c3c2N)CN(C)CC4)cc1. The molecule has 32 heavy (non-hydrogen) atoms. The highest BCUT2D eigenvalue weighted by Crippen LogP contribution is 2.43. The Morgan fingerprint density at radius 3 is 2.62 bits per heavy atom.